The van der Waals surface area contributed by atoms with Crippen LogP contribution in [-0.2, 0) is 9.59 Å². The Bertz CT molecular complexity index is 1050. The van der Waals surface area contributed by atoms with Gasteiger partial charge in [0.1, 0.15) is 29.5 Å². The first kappa shape index (κ1) is 22.3. The minimum Gasteiger partial charge on any atom is -0.495 e. The Morgan fingerprint density at radius 2 is 1.84 bits per heavy atom. The molecule has 2 aliphatic rings. The average Bonchev–Trinajstić information content (AvgIpc) is 2.92. The van der Waals surface area contributed by atoms with Crippen molar-refractivity contribution < 1.29 is 18.7 Å². The van der Waals surface area contributed by atoms with Crippen molar-refractivity contribution in [2.24, 2.45) is 4.99 Å². The van der Waals surface area contributed by atoms with Crippen molar-refractivity contribution >= 4 is 34.8 Å². The number of aliphatic imine (C=N–C) groups is 1. The van der Waals surface area contributed by atoms with Crippen molar-refractivity contribution in [1.82, 2.24) is 4.90 Å². The molecule has 1 spiro atoms. The summed E-state index contributed by atoms with van der Waals surface area (Å²) in [5, 5.41) is 3.19. The Balaban J connectivity index is 1.58. The first-order valence-electron chi connectivity index (χ1n) is 10.7. The summed E-state index contributed by atoms with van der Waals surface area (Å²) in [6.07, 6.45) is 5.40. The highest BCUT2D eigenvalue weighted by atomic mass is 35.5. The van der Waals surface area contributed by atoms with Crippen LogP contribution < -0.4 is 10.1 Å². The van der Waals surface area contributed by atoms with Gasteiger partial charge in [-0.25, -0.2) is 4.39 Å². The molecule has 1 heterocycles. The number of methoxy groups -OCH3 is 1. The van der Waals surface area contributed by atoms with Gasteiger partial charge in [0, 0.05) is 11.3 Å². The summed E-state index contributed by atoms with van der Waals surface area (Å²) in [5.41, 5.74) is 0.616. The van der Waals surface area contributed by atoms with E-state index in [0.717, 1.165) is 25.7 Å². The van der Waals surface area contributed by atoms with Gasteiger partial charge in [0.2, 0.25) is 5.91 Å². The van der Waals surface area contributed by atoms with Gasteiger partial charge in [-0.3, -0.25) is 14.6 Å². The Hall–Kier alpha value is -2.93. The maximum absolute atomic E-state index is 13.4. The molecule has 1 N–H and O–H groups in total. The van der Waals surface area contributed by atoms with Crippen molar-refractivity contribution in [3.8, 4) is 5.75 Å². The molecule has 0 aromatic heterocycles. The van der Waals surface area contributed by atoms with E-state index in [-0.39, 0.29) is 29.9 Å². The van der Waals surface area contributed by atoms with Gasteiger partial charge in [-0.05, 0) is 68.1 Å². The first-order chi connectivity index (χ1) is 15.4. The molecule has 168 valence electrons. The van der Waals surface area contributed by atoms with Gasteiger partial charge in [0.05, 0.1) is 12.1 Å². The minimum atomic E-state index is -0.744. The molecular formula is C24H25ClFN3O3. The number of carbonyl (C=O) groups is 2. The SMILES string of the molecule is COc1ccc(NC(=O)CN2C(=O)C(c3ccc(F)cc3)=NC23CCCCCC3)cc1Cl. The van der Waals surface area contributed by atoms with Gasteiger partial charge < -0.3 is 15.0 Å². The molecule has 6 nitrogen and oxygen atoms in total. The molecule has 8 heteroatoms. The number of nitrogens with one attached hydrogen (secondary N) is 1. The van der Waals surface area contributed by atoms with Crippen LogP contribution in [0, 0.1) is 5.82 Å². The number of hydrogen-bond donors (Lipinski definition) is 1. The van der Waals surface area contributed by atoms with Crippen LogP contribution in [0.25, 0.3) is 0 Å². The summed E-state index contributed by atoms with van der Waals surface area (Å²) in [6, 6.07) is 10.7. The zero-order valence-electron chi connectivity index (χ0n) is 17.9. The van der Waals surface area contributed by atoms with Crippen LogP contribution >= 0.6 is 11.6 Å². The van der Waals surface area contributed by atoms with Crippen LogP contribution in [0.3, 0.4) is 0 Å². The number of amides is 2. The number of ether oxygens (including phenoxy) is 1. The third-order valence-corrected chi connectivity index (χ3v) is 6.32. The summed E-state index contributed by atoms with van der Waals surface area (Å²) in [6.45, 7) is -0.128. The molecule has 0 unspecified atom stereocenters. The van der Waals surface area contributed by atoms with Gasteiger partial charge >= 0.3 is 0 Å². The Kier molecular flexibility index (Phi) is 6.46. The van der Waals surface area contributed by atoms with Crippen molar-refractivity contribution in [2.45, 2.75) is 44.2 Å². The number of nitrogens with zero attached hydrogens (tertiary/aromatic N) is 2. The molecular weight excluding hydrogens is 433 g/mol. The zero-order chi connectivity index (χ0) is 22.7. The number of carbonyl (C=O) groups excluding carboxylic acids is 2. The third kappa shape index (κ3) is 4.48. The lowest BCUT2D eigenvalue weighted by Crippen LogP contribution is -2.50. The number of benzene rings is 2. The molecule has 0 radical (unpaired) electrons. The number of rotatable bonds is 5. The van der Waals surface area contributed by atoms with Crippen LogP contribution in [0.4, 0.5) is 10.1 Å². The van der Waals surface area contributed by atoms with Crippen molar-refractivity contribution in [3.63, 3.8) is 0 Å². The lowest BCUT2D eigenvalue weighted by Gasteiger charge is -2.35. The van der Waals surface area contributed by atoms with E-state index < -0.39 is 5.66 Å². The summed E-state index contributed by atoms with van der Waals surface area (Å²) in [5.74, 6) is -0.507. The van der Waals surface area contributed by atoms with Crippen LogP contribution in [0.1, 0.15) is 44.1 Å². The lowest BCUT2D eigenvalue weighted by atomic mass is 10.00. The smallest absolute Gasteiger partial charge is 0.275 e. The molecule has 0 saturated heterocycles. The van der Waals surface area contributed by atoms with Crippen molar-refractivity contribution in [2.75, 3.05) is 19.0 Å². The van der Waals surface area contributed by atoms with Crippen LogP contribution in [0.15, 0.2) is 47.5 Å². The van der Waals surface area contributed by atoms with Crippen LogP contribution in [0.5, 0.6) is 5.75 Å². The second-order valence-corrected chi connectivity index (χ2v) is 8.56. The number of hydrogen-bond acceptors (Lipinski definition) is 4. The van der Waals surface area contributed by atoms with Crippen molar-refractivity contribution in [1.29, 1.82) is 0 Å². The molecule has 0 atom stereocenters. The first-order valence-corrected chi connectivity index (χ1v) is 11.1. The third-order valence-electron chi connectivity index (χ3n) is 6.03. The maximum atomic E-state index is 13.4. The van der Waals surface area contributed by atoms with E-state index in [0.29, 0.717) is 34.9 Å². The van der Waals surface area contributed by atoms with E-state index in [1.807, 2.05) is 0 Å². The minimum absolute atomic E-state index is 0.128. The van der Waals surface area contributed by atoms with E-state index in [4.69, 9.17) is 21.3 Å². The fourth-order valence-electron chi connectivity index (χ4n) is 4.41. The van der Waals surface area contributed by atoms with Crippen LogP contribution in [0.2, 0.25) is 5.02 Å². The second kappa shape index (κ2) is 9.28. The van der Waals surface area contributed by atoms with E-state index in [1.54, 1.807) is 35.2 Å². The Morgan fingerprint density at radius 1 is 1.16 bits per heavy atom. The molecule has 32 heavy (non-hydrogen) atoms. The normalized spacial score (nSPS) is 17.8. The predicted octanol–water partition coefficient (Wildman–Crippen LogP) is 4.81. The molecule has 4 rings (SSSR count). The molecule has 1 aliphatic carbocycles. The van der Waals surface area contributed by atoms with E-state index >= 15 is 0 Å². The predicted molar refractivity (Wildman–Crippen MR) is 122 cm³/mol. The molecule has 2 aromatic carbocycles. The lowest BCUT2D eigenvalue weighted by molar-refractivity contribution is -0.133. The van der Waals surface area contributed by atoms with Gasteiger partial charge in [0.25, 0.3) is 5.91 Å². The van der Waals surface area contributed by atoms with Gasteiger partial charge in [-0.1, -0.05) is 24.4 Å². The van der Waals surface area contributed by atoms with E-state index in [1.165, 1.54) is 19.2 Å². The van der Waals surface area contributed by atoms with Crippen LogP contribution in [-0.4, -0.2) is 41.7 Å². The molecule has 2 aromatic rings. The largest absolute Gasteiger partial charge is 0.495 e. The van der Waals surface area contributed by atoms with E-state index in [2.05, 4.69) is 5.32 Å². The monoisotopic (exact) mass is 457 g/mol. The van der Waals surface area contributed by atoms with Gasteiger partial charge in [-0.2, -0.15) is 0 Å². The summed E-state index contributed by atoms with van der Waals surface area (Å²) in [4.78, 5) is 32.7. The standard InChI is InChI=1S/C24H25ClFN3O3/c1-32-20-11-10-18(14-19(20)25)27-21(30)15-29-23(31)22(16-6-8-17(26)9-7-16)28-24(29)12-4-2-3-5-13-24/h6-11,14H,2-5,12-13,15H2,1H3,(H,27,30). The molecule has 0 bridgehead atoms. The Morgan fingerprint density at radius 3 is 2.47 bits per heavy atom. The highest BCUT2D eigenvalue weighted by Gasteiger charge is 2.47. The number of anilines is 1. The maximum Gasteiger partial charge on any atom is 0.275 e. The fraction of sp³-hybridized carbons (Fsp3) is 0.375. The summed E-state index contributed by atoms with van der Waals surface area (Å²) >= 11 is 6.15. The molecule has 2 amide bonds. The highest BCUT2D eigenvalue weighted by molar-refractivity contribution is 6.47. The van der Waals surface area contributed by atoms with Crippen molar-refractivity contribution in [3.05, 3.63) is 58.9 Å². The topological polar surface area (TPSA) is 71.0 Å². The summed E-state index contributed by atoms with van der Waals surface area (Å²) < 4.78 is 18.5. The highest BCUT2D eigenvalue weighted by Crippen LogP contribution is 2.38. The fourth-order valence-corrected chi connectivity index (χ4v) is 4.67. The molecule has 1 saturated carbocycles. The van der Waals surface area contributed by atoms with Gasteiger partial charge in [-0.15, -0.1) is 0 Å². The molecule has 1 fully saturated rings. The molecule has 1 aliphatic heterocycles. The Labute approximate surface area is 191 Å². The second-order valence-electron chi connectivity index (χ2n) is 8.15. The quantitative estimate of drug-likeness (QED) is 0.700. The average molecular weight is 458 g/mol. The number of halogens is 2. The summed E-state index contributed by atoms with van der Waals surface area (Å²) in [7, 11) is 1.52. The van der Waals surface area contributed by atoms with Gasteiger partial charge in [0.15, 0.2) is 0 Å². The zero-order valence-corrected chi connectivity index (χ0v) is 18.6. The van der Waals surface area contributed by atoms with E-state index in [9.17, 15) is 14.0 Å².